The SMILES string of the molecule is CCn1c(SCC(=O)Nc2nncs2)nnc1C(C)Oc1cc(Cl)ccc1Cl. The van der Waals surface area contributed by atoms with Gasteiger partial charge in [0, 0.05) is 17.6 Å². The molecule has 28 heavy (non-hydrogen) atoms. The van der Waals surface area contributed by atoms with Crippen molar-refractivity contribution in [2.24, 2.45) is 0 Å². The van der Waals surface area contributed by atoms with Crippen molar-refractivity contribution in [3.8, 4) is 5.75 Å². The van der Waals surface area contributed by atoms with Crippen LogP contribution < -0.4 is 10.1 Å². The first-order chi connectivity index (χ1) is 13.5. The number of rotatable bonds is 8. The lowest BCUT2D eigenvalue weighted by Crippen LogP contribution is -2.15. The number of nitrogens with zero attached hydrogens (tertiary/aromatic N) is 5. The van der Waals surface area contributed by atoms with Gasteiger partial charge in [-0.1, -0.05) is 46.3 Å². The summed E-state index contributed by atoms with van der Waals surface area (Å²) in [7, 11) is 0. The van der Waals surface area contributed by atoms with Crippen LogP contribution in [0.5, 0.6) is 5.75 Å². The van der Waals surface area contributed by atoms with Gasteiger partial charge in [-0.25, -0.2) is 0 Å². The number of hydrogen-bond acceptors (Lipinski definition) is 8. The van der Waals surface area contributed by atoms with Crippen LogP contribution in [0.1, 0.15) is 25.8 Å². The summed E-state index contributed by atoms with van der Waals surface area (Å²) >= 11 is 14.7. The third kappa shape index (κ3) is 5.13. The Morgan fingerprint density at radius 3 is 2.89 bits per heavy atom. The molecule has 1 unspecified atom stereocenters. The Morgan fingerprint density at radius 1 is 1.36 bits per heavy atom. The average Bonchev–Trinajstić information content (AvgIpc) is 3.32. The van der Waals surface area contributed by atoms with E-state index in [1.807, 2.05) is 18.4 Å². The molecular formula is C16H16Cl2N6O2S2. The van der Waals surface area contributed by atoms with Gasteiger partial charge in [0.2, 0.25) is 11.0 Å². The first-order valence-corrected chi connectivity index (χ1v) is 10.8. The molecule has 1 atom stereocenters. The summed E-state index contributed by atoms with van der Waals surface area (Å²) in [4.78, 5) is 12.0. The smallest absolute Gasteiger partial charge is 0.236 e. The van der Waals surface area contributed by atoms with Crippen LogP contribution in [0.15, 0.2) is 28.9 Å². The van der Waals surface area contributed by atoms with Gasteiger partial charge in [0.1, 0.15) is 11.3 Å². The fourth-order valence-electron chi connectivity index (χ4n) is 2.33. The number of thioether (sulfide) groups is 1. The second kappa shape index (κ2) is 9.55. The maximum atomic E-state index is 12.0. The molecule has 0 aliphatic rings. The second-order valence-corrected chi connectivity index (χ2v) is 8.12. The summed E-state index contributed by atoms with van der Waals surface area (Å²) in [5.74, 6) is 1.08. The molecule has 0 saturated heterocycles. The fourth-order valence-corrected chi connectivity index (χ4v) is 3.92. The van der Waals surface area contributed by atoms with Gasteiger partial charge in [0.05, 0.1) is 10.8 Å². The van der Waals surface area contributed by atoms with Crippen LogP contribution in [0, 0.1) is 0 Å². The molecule has 0 aliphatic heterocycles. The molecule has 2 heterocycles. The van der Waals surface area contributed by atoms with Crippen molar-refractivity contribution in [3.05, 3.63) is 39.6 Å². The van der Waals surface area contributed by atoms with E-state index in [2.05, 4.69) is 25.7 Å². The minimum Gasteiger partial charge on any atom is -0.481 e. The van der Waals surface area contributed by atoms with Gasteiger partial charge in [-0.3, -0.25) is 10.1 Å². The highest BCUT2D eigenvalue weighted by Crippen LogP contribution is 2.32. The van der Waals surface area contributed by atoms with E-state index < -0.39 is 6.10 Å². The maximum Gasteiger partial charge on any atom is 0.236 e. The molecule has 1 amide bonds. The van der Waals surface area contributed by atoms with E-state index in [9.17, 15) is 4.79 Å². The van der Waals surface area contributed by atoms with Crippen LogP contribution in [0.4, 0.5) is 5.13 Å². The standard InChI is InChI=1S/C16H16Cl2N6O2S2/c1-3-24-14(9(2)26-12-6-10(17)4-5-11(12)18)21-23-16(24)27-7-13(25)20-15-22-19-8-28-15/h4-6,8-9H,3,7H2,1-2H3,(H,20,22,25). The number of anilines is 1. The molecule has 0 fully saturated rings. The first kappa shape index (κ1) is 20.8. The summed E-state index contributed by atoms with van der Waals surface area (Å²) in [6, 6.07) is 5.02. The fraction of sp³-hybridized carbons (Fsp3) is 0.312. The molecule has 0 bridgehead atoms. The zero-order valence-corrected chi connectivity index (χ0v) is 18.1. The summed E-state index contributed by atoms with van der Waals surface area (Å²) in [5, 5.41) is 20.6. The Labute approximate surface area is 179 Å². The predicted molar refractivity (Wildman–Crippen MR) is 110 cm³/mol. The van der Waals surface area contributed by atoms with Crippen molar-refractivity contribution in [3.63, 3.8) is 0 Å². The lowest BCUT2D eigenvalue weighted by atomic mass is 10.3. The topological polar surface area (TPSA) is 94.8 Å². The molecule has 2 aromatic heterocycles. The number of ether oxygens (including phenoxy) is 1. The van der Waals surface area contributed by atoms with Gasteiger partial charge in [0.25, 0.3) is 0 Å². The van der Waals surface area contributed by atoms with Gasteiger partial charge in [0.15, 0.2) is 17.1 Å². The Hall–Kier alpha value is -1.88. The number of benzene rings is 1. The van der Waals surface area contributed by atoms with E-state index in [-0.39, 0.29) is 11.7 Å². The molecule has 3 aromatic rings. The predicted octanol–water partition coefficient (Wildman–Crippen LogP) is 4.33. The molecule has 148 valence electrons. The largest absolute Gasteiger partial charge is 0.481 e. The minimum atomic E-state index is -0.409. The molecule has 1 aromatic carbocycles. The van der Waals surface area contributed by atoms with Crippen molar-refractivity contribution in [2.75, 3.05) is 11.1 Å². The zero-order valence-electron chi connectivity index (χ0n) is 14.9. The summed E-state index contributed by atoms with van der Waals surface area (Å²) in [6.45, 7) is 4.45. The van der Waals surface area contributed by atoms with Gasteiger partial charge >= 0.3 is 0 Å². The first-order valence-electron chi connectivity index (χ1n) is 8.21. The van der Waals surface area contributed by atoms with Crippen molar-refractivity contribution in [1.82, 2.24) is 25.0 Å². The van der Waals surface area contributed by atoms with Crippen molar-refractivity contribution < 1.29 is 9.53 Å². The zero-order chi connectivity index (χ0) is 20.1. The summed E-state index contributed by atoms with van der Waals surface area (Å²) in [6.07, 6.45) is -0.409. The van der Waals surface area contributed by atoms with Crippen LogP contribution in [0.25, 0.3) is 0 Å². The minimum absolute atomic E-state index is 0.174. The normalized spacial score (nSPS) is 12.0. The molecule has 8 nitrogen and oxygen atoms in total. The Balaban J connectivity index is 1.67. The van der Waals surface area contributed by atoms with E-state index in [0.717, 1.165) is 0 Å². The van der Waals surface area contributed by atoms with E-state index in [4.69, 9.17) is 27.9 Å². The lowest BCUT2D eigenvalue weighted by molar-refractivity contribution is -0.113. The molecule has 12 heteroatoms. The maximum absolute atomic E-state index is 12.0. The number of halogens is 2. The molecule has 3 rings (SSSR count). The van der Waals surface area contributed by atoms with Crippen LogP contribution in [0.3, 0.4) is 0 Å². The van der Waals surface area contributed by atoms with Crippen LogP contribution in [-0.4, -0.2) is 36.6 Å². The van der Waals surface area contributed by atoms with Gasteiger partial charge < -0.3 is 9.30 Å². The van der Waals surface area contributed by atoms with Crippen LogP contribution >= 0.6 is 46.3 Å². The van der Waals surface area contributed by atoms with E-state index in [0.29, 0.717) is 38.5 Å². The number of carbonyl (C=O) groups is 1. The number of hydrogen-bond donors (Lipinski definition) is 1. The lowest BCUT2D eigenvalue weighted by Gasteiger charge is -2.16. The number of amides is 1. The van der Waals surface area contributed by atoms with Crippen LogP contribution in [0.2, 0.25) is 10.0 Å². The molecule has 1 N–H and O–H groups in total. The monoisotopic (exact) mass is 458 g/mol. The highest BCUT2D eigenvalue weighted by atomic mass is 35.5. The average molecular weight is 459 g/mol. The molecule has 0 aliphatic carbocycles. The number of carbonyl (C=O) groups excluding carboxylic acids is 1. The van der Waals surface area contributed by atoms with Gasteiger partial charge in [-0.15, -0.1) is 20.4 Å². The molecule has 0 saturated carbocycles. The quantitative estimate of drug-likeness (QED) is 0.501. The number of nitrogens with one attached hydrogen (secondary N) is 1. The number of aromatic nitrogens is 5. The molecule has 0 radical (unpaired) electrons. The van der Waals surface area contributed by atoms with Crippen molar-refractivity contribution in [1.29, 1.82) is 0 Å². The van der Waals surface area contributed by atoms with Gasteiger partial charge in [-0.05, 0) is 26.0 Å². The van der Waals surface area contributed by atoms with E-state index in [1.165, 1.54) is 23.1 Å². The highest BCUT2D eigenvalue weighted by Gasteiger charge is 2.20. The van der Waals surface area contributed by atoms with Crippen LogP contribution in [-0.2, 0) is 11.3 Å². The highest BCUT2D eigenvalue weighted by molar-refractivity contribution is 7.99. The van der Waals surface area contributed by atoms with Crippen molar-refractivity contribution in [2.45, 2.75) is 31.7 Å². The summed E-state index contributed by atoms with van der Waals surface area (Å²) in [5.41, 5.74) is 1.55. The third-order valence-electron chi connectivity index (χ3n) is 3.56. The Morgan fingerprint density at radius 2 is 2.18 bits per heavy atom. The molecular weight excluding hydrogens is 443 g/mol. The Bertz CT molecular complexity index is 951. The Kier molecular flexibility index (Phi) is 7.11. The van der Waals surface area contributed by atoms with E-state index in [1.54, 1.807) is 23.7 Å². The van der Waals surface area contributed by atoms with Crippen molar-refractivity contribution >= 4 is 57.3 Å². The second-order valence-electron chi connectivity index (χ2n) is 5.50. The third-order valence-corrected chi connectivity index (χ3v) is 5.68. The summed E-state index contributed by atoms with van der Waals surface area (Å²) < 4.78 is 7.82. The van der Waals surface area contributed by atoms with Gasteiger partial charge in [-0.2, -0.15) is 0 Å². The van der Waals surface area contributed by atoms with E-state index >= 15 is 0 Å². The molecule has 0 spiro atoms.